The van der Waals surface area contributed by atoms with Crippen LogP contribution in [0.5, 0.6) is 0 Å². The number of β-amino-alcohol motifs (C(OH)–C–C–N with tert-alkyl or cyclic N) is 1. The Kier molecular flexibility index (Phi) is 7.27. The number of aliphatic hydroxyl groups is 2. The van der Waals surface area contributed by atoms with Crippen molar-refractivity contribution in [2.45, 2.75) is 63.1 Å². The van der Waals surface area contributed by atoms with E-state index in [2.05, 4.69) is 5.32 Å². The highest BCUT2D eigenvalue weighted by molar-refractivity contribution is 5.76. The Morgan fingerprint density at radius 1 is 1.15 bits per heavy atom. The fourth-order valence-electron chi connectivity index (χ4n) is 4.39. The highest BCUT2D eigenvalue weighted by Crippen LogP contribution is 2.25. The third-order valence-corrected chi connectivity index (χ3v) is 6.17. The van der Waals surface area contributed by atoms with Crippen molar-refractivity contribution >= 4 is 5.91 Å². The maximum Gasteiger partial charge on any atom is 0.223 e. The van der Waals surface area contributed by atoms with E-state index in [0.717, 1.165) is 12.1 Å². The van der Waals surface area contributed by atoms with E-state index in [-0.39, 0.29) is 12.5 Å². The number of carbonyl (C=O) groups is 1. The topological polar surface area (TPSA) is 72.8 Å². The van der Waals surface area contributed by atoms with Crippen molar-refractivity contribution in [3.8, 4) is 0 Å². The average molecular weight is 375 g/mol. The third-order valence-electron chi connectivity index (χ3n) is 6.17. The predicted octanol–water partition coefficient (Wildman–Crippen LogP) is 2.11. The molecule has 1 aromatic rings. The van der Waals surface area contributed by atoms with Gasteiger partial charge in [-0.25, -0.2) is 0 Å². The molecule has 1 saturated carbocycles. The van der Waals surface area contributed by atoms with E-state index in [4.69, 9.17) is 0 Å². The number of likely N-dealkylation sites (tertiary alicyclic amines) is 1. The molecule has 3 N–H and O–H groups in total. The summed E-state index contributed by atoms with van der Waals surface area (Å²) < 4.78 is 0. The zero-order valence-corrected chi connectivity index (χ0v) is 16.3. The van der Waals surface area contributed by atoms with E-state index in [1.165, 1.54) is 32.1 Å². The number of piperidine rings is 1. The number of hydrogen-bond acceptors (Lipinski definition) is 4. The lowest BCUT2D eigenvalue weighted by atomic mass is 9.87. The lowest BCUT2D eigenvalue weighted by Crippen LogP contribution is -2.62. The molecule has 1 aliphatic heterocycles. The van der Waals surface area contributed by atoms with Crippen LogP contribution in [0.2, 0.25) is 0 Å². The van der Waals surface area contributed by atoms with Crippen molar-refractivity contribution in [2.75, 3.05) is 26.2 Å². The maximum absolute atomic E-state index is 12.6. The minimum Gasteiger partial charge on any atom is -0.390 e. The molecule has 1 heterocycles. The largest absolute Gasteiger partial charge is 0.390 e. The molecule has 0 bridgehead atoms. The van der Waals surface area contributed by atoms with Crippen LogP contribution in [0.3, 0.4) is 0 Å². The van der Waals surface area contributed by atoms with Gasteiger partial charge in [0.25, 0.3) is 0 Å². The van der Waals surface area contributed by atoms with Gasteiger partial charge >= 0.3 is 0 Å². The molecule has 1 saturated heterocycles. The Morgan fingerprint density at radius 2 is 1.89 bits per heavy atom. The van der Waals surface area contributed by atoms with Crippen LogP contribution in [-0.2, 0) is 11.2 Å². The lowest BCUT2D eigenvalue weighted by molar-refractivity contribution is -0.151. The van der Waals surface area contributed by atoms with Gasteiger partial charge in [-0.15, -0.1) is 0 Å². The quantitative estimate of drug-likeness (QED) is 0.684. The summed E-state index contributed by atoms with van der Waals surface area (Å²) in [7, 11) is 0. The van der Waals surface area contributed by atoms with Gasteiger partial charge in [-0.3, -0.25) is 4.79 Å². The molecule has 0 radical (unpaired) electrons. The van der Waals surface area contributed by atoms with Crippen LogP contribution in [0.25, 0.3) is 0 Å². The minimum atomic E-state index is -1.25. The summed E-state index contributed by atoms with van der Waals surface area (Å²) in [5.74, 6) is 0.725. The molecular weight excluding hydrogens is 340 g/mol. The molecule has 2 fully saturated rings. The number of nitrogens with one attached hydrogen (secondary N) is 1. The number of amides is 1. The smallest absolute Gasteiger partial charge is 0.223 e. The third kappa shape index (κ3) is 5.77. The van der Waals surface area contributed by atoms with Crippen molar-refractivity contribution in [1.29, 1.82) is 0 Å². The Balaban J connectivity index is 1.47. The van der Waals surface area contributed by atoms with Gasteiger partial charge in [0.1, 0.15) is 5.60 Å². The Bertz CT molecular complexity index is 588. The van der Waals surface area contributed by atoms with Crippen LogP contribution in [0.1, 0.15) is 50.5 Å². The molecule has 2 atom stereocenters. The Labute approximate surface area is 162 Å². The number of carbonyl (C=O) groups excluding carboxylic acids is 1. The number of hydrogen-bond donors (Lipinski definition) is 3. The summed E-state index contributed by atoms with van der Waals surface area (Å²) >= 11 is 0. The first kappa shape index (κ1) is 20.3. The Morgan fingerprint density at radius 3 is 2.63 bits per heavy atom. The van der Waals surface area contributed by atoms with E-state index in [1.54, 1.807) is 4.90 Å². The molecule has 1 aliphatic carbocycles. The minimum absolute atomic E-state index is 0.0523. The van der Waals surface area contributed by atoms with E-state index in [0.29, 0.717) is 38.3 Å². The monoisotopic (exact) mass is 374 g/mol. The van der Waals surface area contributed by atoms with Crippen molar-refractivity contribution in [3.05, 3.63) is 35.9 Å². The van der Waals surface area contributed by atoms with Gasteiger partial charge in [-0.2, -0.15) is 0 Å². The average Bonchev–Trinajstić information content (AvgIpc) is 2.70. The van der Waals surface area contributed by atoms with Gasteiger partial charge in [0.2, 0.25) is 5.91 Å². The normalized spacial score (nSPS) is 26.9. The summed E-state index contributed by atoms with van der Waals surface area (Å²) in [6, 6.07) is 9.98. The molecule has 3 rings (SSSR count). The zero-order chi connectivity index (χ0) is 19.1. The SMILES string of the molecule is O=C(CCc1ccccc1)N1CC[C@H](O)[C@@](O)(CNCC2CCCCC2)C1. The van der Waals surface area contributed by atoms with Crippen LogP contribution >= 0.6 is 0 Å². The summed E-state index contributed by atoms with van der Waals surface area (Å²) in [5, 5.41) is 24.7. The van der Waals surface area contributed by atoms with Crippen LogP contribution in [0, 0.1) is 5.92 Å². The maximum atomic E-state index is 12.6. The van der Waals surface area contributed by atoms with Gasteiger partial charge in [0.15, 0.2) is 0 Å². The second kappa shape index (κ2) is 9.67. The fraction of sp³-hybridized carbons (Fsp3) is 0.682. The fourth-order valence-corrected chi connectivity index (χ4v) is 4.39. The number of nitrogens with zero attached hydrogens (tertiary/aromatic N) is 1. The van der Waals surface area contributed by atoms with Crippen LogP contribution in [0.15, 0.2) is 30.3 Å². The Hall–Kier alpha value is -1.43. The number of rotatable bonds is 7. The summed E-state index contributed by atoms with van der Waals surface area (Å²) in [5.41, 5.74) is -0.109. The molecule has 5 heteroatoms. The van der Waals surface area contributed by atoms with Crippen LogP contribution in [0.4, 0.5) is 0 Å². The van der Waals surface area contributed by atoms with Crippen molar-refractivity contribution in [1.82, 2.24) is 10.2 Å². The second-order valence-corrected chi connectivity index (χ2v) is 8.34. The van der Waals surface area contributed by atoms with E-state index < -0.39 is 11.7 Å². The molecule has 2 aliphatic rings. The van der Waals surface area contributed by atoms with E-state index >= 15 is 0 Å². The lowest BCUT2D eigenvalue weighted by Gasteiger charge is -2.43. The first-order valence-electron chi connectivity index (χ1n) is 10.5. The number of benzene rings is 1. The van der Waals surface area contributed by atoms with Crippen molar-refractivity contribution < 1.29 is 15.0 Å². The molecule has 0 spiro atoms. The van der Waals surface area contributed by atoms with Crippen LogP contribution in [-0.4, -0.2) is 58.9 Å². The van der Waals surface area contributed by atoms with Gasteiger partial charge in [0.05, 0.1) is 12.6 Å². The first-order valence-corrected chi connectivity index (χ1v) is 10.5. The molecule has 5 nitrogen and oxygen atoms in total. The van der Waals surface area contributed by atoms with Gasteiger partial charge in [-0.05, 0) is 43.7 Å². The van der Waals surface area contributed by atoms with Gasteiger partial charge < -0.3 is 20.4 Å². The van der Waals surface area contributed by atoms with Gasteiger partial charge in [-0.1, -0.05) is 49.6 Å². The standard InChI is InChI=1S/C22H34N2O3/c25-20-13-14-24(21(26)12-11-18-7-3-1-4-8-18)17-22(20,27)16-23-15-19-9-5-2-6-10-19/h1,3-4,7-8,19-20,23,25,27H,2,5-6,9-17H2/t20-,22+/m0/s1. The van der Waals surface area contributed by atoms with E-state index in [9.17, 15) is 15.0 Å². The summed E-state index contributed by atoms with van der Waals surface area (Å²) in [6.07, 6.45) is 7.21. The van der Waals surface area contributed by atoms with Crippen LogP contribution < -0.4 is 5.32 Å². The first-order chi connectivity index (χ1) is 13.1. The molecule has 150 valence electrons. The zero-order valence-electron chi connectivity index (χ0n) is 16.3. The highest BCUT2D eigenvalue weighted by atomic mass is 16.3. The second-order valence-electron chi connectivity index (χ2n) is 8.34. The van der Waals surface area contributed by atoms with Crippen molar-refractivity contribution in [3.63, 3.8) is 0 Å². The van der Waals surface area contributed by atoms with Gasteiger partial charge in [0, 0.05) is 19.5 Å². The summed E-state index contributed by atoms with van der Waals surface area (Å²) in [6.45, 7) is 1.95. The molecular formula is C22H34N2O3. The molecule has 1 amide bonds. The molecule has 0 aromatic heterocycles. The number of aryl methyl sites for hydroxylation is 1. The molecule has 27 heavy (non-hydrogen) atoms. The van der Waals surface area contributed by atoms with E-state index in [1.807, 2.05) is 30.3 Å². The number of aliphatic hydroxyl groups excluding tert-OH is 1. The molecule has 1 aromatic carbocycles. The summed E-state index contributed by atoms with van der Waals surface area (Å²) in [4.78, 5) is 14.3. The highest BCUT2D eigenvalue weighted by Gasteiger charge is 2.42. The molecule has 0 unspecified atom stereocenters. The van der Waals surface area contributed by atoms with Crippen molar-refractivity contribution in [2.24, 2.45) is 5.92 Å². The predicted molar refractivity (Wildman–Crippen MR) is 106 cm³/mol.